The van der Waals surface area contributed by atoms with Crippen LogP contribution in [0, 0.1) is 0 Å². The van der Waals surface area contributed by atoms with Crippen LogP contribution in [0.2, 0.25) is 0 Å². The molecule has 0 bridgehead atoms. The molecule has 0 fully saturated rings. The quantitative estimate of drug-likeness (QED) is 0.861. The summed E-state index contributed by atoms with van der Waals surface area (Å²) < 4.78 is 27.3. The van der Waals surface area contributed by atoms with Crippen LogP contribution >= 0.6 is 0 Å². The average molecular weight is 305 g/mol. The number of sulfonamides is 1. The predicted molar refractivity (Wildman–Crippen MR) is 85.0 cm³/mol. The summed E-state index contributed by atoms with van der Waals surface area (Å²) in [6.45, 7) is 2.11. The Morgan fingerprint density at radius 3 is 2.48 bits per heavy atom. The van der Waals surface area contributed by atoms with Crippen molar-refractivity contribution in [1.29, 1.82) is 0 Å². The van der Waals surface area contributed by atoms with Crippen LogP contribution in [0.4, 0.5) is 11.4 Å². The fourth-order valence-electron chi connectivity index (χ4n) is 2.03. The second-order valence-electron chi connectivity index (χ2n) is 4.66. The Hall–Kier alpha value is -2.08. The second-order valence-corrected chi connectivity index (χ2v) is 6.26. The van der Waals surface area contributed by atoms with Gasteiger partial charge >= 0.3 is 0 Å². The maximum Gasteiger partial charge on any atom is 0.281 e. The summed E-state index contributed by atoms with van der Waals surface area (Å²) in [6, 6.07) is 10.8. The van der Waals surface area contributed by atoms with Gasteiger partial charge in [0.1, 0.15) is 0 Å². The Bertz CT molecular complexity index is 697. The molecule has 2 rings (SSSR count). The first kappa shape index (κ1) is 15.3. The van der Waals surface area contributed by atoms with Crippen LogP contribution in [-0.4, -0.2) is 20.4 Å². The summed E-state index contributed by atoms with van der Waals surface area (Å²) in [5, 5.41) is 2.82. The Morgan fingerprint density at radius 1 is 1.14 bits per heavy atom. The monoisotopic (exact) mass is 305 g/mol. The number of hydrogen-bond donors (Lipinski definition) is 2. The number of nitrogens with one attached hydrogen (secondary N) is 2. The molecule has 0 saturated carbocycles. The Labute approximate surface area is 125 Å². The van der Waals surface area contributed by atoms with Gasteiger partial charge in [0.25, 0.3) is 10.0 Å². The zero-order valence-corrected chi connectivity index (χ0v) is 12.9. The van der Waals surface area contributed by atoms with Crippen molar-refractivity contribution in [2.24, 2.45) is 0 Å². The molecule has 6 heteroatoms. The molecule has 21 heavy (non-hydrogen) atoms. The number of anilines is 2. The molecule has 0 saturated heterocycles. The van der Waals surface area contributed by atoms with Crippen molar-refractivity contribution in [3.05, 3.63) is 48.2 Å². The standard InChI is InChI=1S/C15H19N3O2S/c1-3-5-12-7-9-13(10-8-12)18-21(19,20)15-14(16-2)6-4-11-17-15/h4,6-11,16,18H,3,5H2,1-2H3. The SMILES string of the molecule is CCCc1ccc(NS(=O)(=O)c2ncccc2NC)cc1. The van der Waals surface area contributed by atoms with Crippen molar-refractivity contribution in [3.8, 4) is 0 Å². The van der Waals surface area contributed by atoms with Gasteiger partial charge < -0.3 is 5.32 Å². The van der Waals surface area contributed by atoms with Crippen LogP contribution in [0.3, 0.4) is 0 Å². The summed E-state index contributed by atoms with van der Waals surface area (Å²) in [5.74, 6) is 0. The molecule has 1 heterocycles. The topological polar surface area (TPSA) is 71.1 Å². The zero-order chi connectivity index (χ0) is 15.3. The van der Waals surface area contributed by atoms with Crippen molar-refractivity contribution in [3.63, 3.8) is 0 Å². The highest BCUT2D eigenvalue weighted by molar-refractivity contribution is 7.92. The van der Waals surface area contributed by atoms with E-state index in [-0.39, 0.29) is 5.03 Å². The van der Waals surface area contributed by atoms with Gasteiger partial charge in [-0.1, -0.05) is 25.5 Å². The van der Waals surface area contributed by atoms with E-state index >= 15 is 0 Å². The minimum Gasteiger partial charge on any atom is -0.386 e. The van der Waals surface area contributed by atoms with Crippen LogP contribution in [0.1, 0.15) is 18.9 Å². The zero-order valence-electron chi connectivity index (χ0n) is 12.1. The summed E-state index contributed by atoms with van der Waals surface area (Å²) in [7, 11) is -2.04. The van der Waals surface area contributed by atoms with Gasteiger partial charge in [0.15, 0.2) is 5.03 Å². The summed E-state index contributed by atoms with van der Waals surface area (Å²) in [5.41, 5.74) is 2.18. The molecule has 1 aromatic heterocycles. The Morgan fingerprint density at radius 2 is 1.86 bits per heavy atom. The molecule has 0 aliphatic carbocycles. The van der Waals surface area contributed by atoms with Crippen molar-refractivity contribution in [2.75, 3.05) is 17.1 Å². The number of hydrogen-bond acceptors (Lipinski definition) is 4. The number of rotatable bonds is 6. The lowest BCUT2D eigenvalue weighted by molar-refractivity contribution is 0.598. The highest BCUT2D eigenvalue weighted by Gasteiger charge is 2.19. The molecule has 1 aromatic carbocycles. The number of nitrogens with zero attached hydrogens (tertiary/aromatic N) is 1. The minimum atomic E-state index is -3.70. The van der Waals surface area contributed by atoms with Gasteiger partial charge in [0, 0.05) is 18.9 Å². The van der Waals surface area contributed by atoms with Crippen molar-refractivity contribution >= 4 is 21.4 Å². The van der Waals surface area contributed by atoms with Gasteiger partial charge in [-0.05, 0) is 36.2 Å². The van der Waals surface area contributed by atoms with E-state index in [4.69, 9.17) is 0 Å². The first-order valence-corrected chi connectivity index (χ1v) is 8.29. The largest absolute Gasteiger partial charge is 0.386 e. The van der Waals surface area contributed by atoms with E-state index in [1.807, 2.05) is 12.1 Å². The summed E-state index contributed by atoms with van der Waals surface area (Å²) >= 11 is 0. The van der Waals surface area contributed by atoms with E-state index < -0.39 is 10.0 Å². The molecule has 2 N–H and O–H groups in total. The fraction of sp³-hybridized carbons (Fsp3) is 0.267. The lowest BCUT2D eigenvalue weighted by Crippen LogP contribution is -2.16. The van der Waals surface area contributed by atoms with E-state index in [2.05, 4.69) is 21.9 Å². The number of aromatic nitrogens is 1. The molecule has 0 atom stereocenters. The first-order valence-electron chi connectivity index (χ1n) is 6.81. The normalized spacial score (nSPS) is 11.1. The van der Waals surface area contributed by atoms with Crippen LogP contribution in [-0.2, 0) is 16.4 Å². The molecule has 0 radical (unpaired) electrons. The molecule has 0 spiro atoms. The molecular formula is C15H19N3O2S. The van der Waals surface area contributed by atoms with Crippen LogP contribution < -0.4 is 10.0 Å². The predicted octanol–water partition coefficient (Wildman–Crippen LogP) is 2.88. The lowest BCUT2D eigenvalue weighted by atomic mass is 10.1. The maximum absolute atomic E-state index is 12.4. The van der Waals surface area contributed by atoms with E-state index in [1.54, 1.807) is 31.3 Å². The lowest BCUT2D eigenvalue weighted by Gasteiger charge is -2.11. The Kier molecular flexibility index (Phi) is 4.80. The molecule has 0 amide bonds. The first-order chi connectivity index (χ1) is 10.1. The summed E-state index contributed by atoms with van der Waals surface area (Å²) in [4.78, 5) is 3.95. The third-order valence-electron chi connectivity index (χ3n) is 3.04. The third kappa shape index (κ3) is 3.72. The van der Waals surface area contributed by atoms with Gasteiger partial charge in [-0.3, -0.25) is 4.72 Å². The second kappa shape index (κ2) is 6.58. The van der Waals surface area contributed by atoms with Crippen molar-refractivity contribution < 1.29 is 8.42 Å². The highest BCUT2D eigenvalue weighted by atomic mass is 32.2. The van der Waals surface area contributed by atoms with E-state index in [1.165, 1.54) is 11.8 Å². The summed E-state index contributed by atoms with van der Waals surface area (Å²) in [6.07, 6.45) is 3.50. The van der Waals surface area contributed by atoms with Gasteiger partial charge in [0.2, 0.25) is 0 Å². The average Bonchev–Trinajstić information content (AvgIpc) is 2.49. The van der Waals surface area contributed by atoms with Gasteiger partial charge in [-0.2, -0.15) is 8.42 Å². The molecule has 2 aromatic rings. The maximum atomic E-state index is 12.4. The minimum absolute atomic E-state index is 0.00913. The van der Waals surface area contributed by atoms with Crippen molar-refractivity contribution in [2.45, 2.75) is 24.8 Å². The molecule has 0 aliphatic rings. The van der Waals surface area contributed by atoms with Crippen LogP contribution in [0.15, 0.2) is 47.6 Å². The van der Waals surface area contributed by atoms with Crippen molar-refractivity contribution in [1.82, 2.24) is 4.98 Å². The Balaban J connectivity index is 2.24. The van der Waals surface area contributed by atoms with E-state index in [9.17, 15) is 8.42 Å². The number of pyridine rings is 1. The fourth-order valence-corrected chi connectivity index (χ4v) is 3.23. The smallest absolute Gasteiger partial charge is 0.281 e. The highest BCUT2D eigenvalue weighted by Crippen LogP contribution is 2.21. The molecular weight excluding hydrogens is 286 g/mol. The van der Waals surface area contributed by atoms with Gasteiger partial charge in [-0.25, -0.2) is 4.98 Å². The van der Waals surface area contributed by atoms with Crippen LogP contribution in [0.5, 0.6) is 0 Å². The van der Waals surface area contributed by atoms with E-state index in [0.29, 0.717) is 11.4 Å². The number of benzene rings is 1. The molecule has 0 unspecified atom stereocenters. The molecule has 5 nitrogen and oxygen atoms in total. The van der Waals surface area contributed by atoms with E-state index in [0.717, 1.165) is 12.8 Å². The molecule has 112 valence electrons. The number of aryl methyl sites for hydroxylation is 1. The van der Waals surface area contributed by atoms with Gasteiger partial charge in [-0.15, -0.1) is 0 Å². The molecule has 0 aliphatic heterocycles. The third-order valence-corrected chi connectivity index (χ3v) is 4.38. The van der Waals surface area contributed by atoms with Gasteiger partial charge in [0.05, 0.1) is 5.69 Å². The van der Waals surface area contributed by atoms with Crippen LogP contribution in [0.25, 0.3) is 0 Å².